The molecule has 0 aliphatic heterocycles. The first kappa shape index (κ1) is 22.7. The molecule has 0 amide bonds. The molecule has 0 atom stereocenters. The van der Waals surface area contributed by atoms with Gasteiger partial charge in [0.15, 0.2) is 0 Å². The van der Waals surface area contributed by atoms with Crippen molar-refractivity contribution in [3.8, 4) is 22.5 Å². The Bertz CT molecular complexity index is 2350. The average molecular weight is 541 g/mol. The summed E-state index contributed by atoms with van der Waals surface area (Å²) in [7, 11) is 0. The molecule has 0 aliphatic carbocycles. The molecule has 9 aromatic rings. The Hall–Kier alpha value is -5.12. The van der Waals surface area contributed by atoms with E-state index in [1.165, 1.54) is 75.5 Å². The van der Waals surface area contributed by atoms with E-state index in [4.69, 9.17) is 0 Å². The van der Waals surface area contributed by atoms with Gasteiger partial charge < -0.3 is 9.13 Å². The number of fused-ring (bicyclic) bond motifs is 8. The van der Waals surface area contributed by atoms with Crippen LogP contribution >= 0.6 is 11.3 Å². The molecule has 0 bridgehead atoms. The Kier molecular flexibility index (Phi) is 4.80. The Morgan fingerprint density at radius 3 is 1.68 bits per heavy atom. The predicted molar refractivity (Wildman–Crippen MR) is 176 cm³/mol. The summed E-state index contributed by atoms with van der Waals surface area (Å²) in [6.45, 7) is 0. The van der Waals surface area contributed by atoms with Crippen LogP contribution in [0.15, 0.2) is 146 Å². The van der Waals surface area contributed by atoms with Gasteiger partial charge in [0.1, 0.15) is 4.83 Å². The van der Waals surface area contributed by atoms with Crippen molar-refractivity contribution in [2.75, 3.05) is 0 Å². The minimum Gasteiger partial charge on any atom is -0.309 e. The molecule has 192 valence electrons. The van der Waals surface area contributed by atoms with Gasteiger partial charge in [-0.2, -0.15) is 0 Å². The molecule has 0 aliphatic rings. The van der Waals surface area contributed by atoms with E-state index in [9.17, 15) is 0 Å². The zero-order chi connectivity index (χ0) is 26.9. The van der Waals surface area contributed by atoms with Crippen molar-refractivity contribution >= 4 is 64.3 Å². The molecule has 3 aromatic heterocycles. The molecule has 0 fully saturated rings. The number of benzene rings is 6. The molecule has 3 heterocycles. The van der Waals surface area contributed by atoms with Crippen LogP contribution in [-0.2, 0) is 0 Å². The third kappa shape index (κ3) is 3.30. The number of nitrogens with zero attached hydrogens (tertiary/aromatic N) is 2. The van der Waals surface area contributed by atoms with Gasteiger partial charge in [-0.05, 0) is 65.7 Å². The lowest BCUT2D eigenvalue weighted by Gasteiger charge is -2.10. The van der Waals surface area contributed by atoms with Crippen molar-refractivity contribution in [3.63, 3.8) is 0 Å². The number of thiophene rings is 1. The number of rotatable bonds is 3. The molecule has 0 spiro atoms. The fourth-order valence-corrected chi connectivity index (χ4v) is 7.76. The van der Waals surface area contributed by atoms with E-state index in [0.717, 1.165) is 0 Å². The summed E-state index contributed by atoms with van der Waals surface area (Å²) in [4.78, 5) is 1.30. The fourth-order valence-electron chi connectivity index (χ4n) is 6.51. The molecule has 0 unspecified atom stereocenters. The normalized spacial score (nSPS) is 11.9. The Labute approximate surface area is 240 Å². The van der Waals surface area contributed by atoms with Gasteiger partial charge in [0, 0.05) is 43.0 Å². The van der Waals surface area contributed by atoms with Crippen LogP contribution in [0.25, 0.3) is 75.5 Å². The number of hydrogen-bond acceptors (Lipinski definition) is 1. The van der Waals surface area contributed by atoms with Crippen LogP contribution in [0.2, 0.25) is 0 Å². The highest BCUT2D eigenvalue weighted by molar-refractivity contribution is 7.25. The fraction of sp³-hybridized carbons (Fsp3) is 0. The van der Waals surface area contributed by atoms with Crippen molar-refractivity contribution in [2.45, 2.75) is 0 Å². The van der Waals surface area contributed by atoms with Crippen LogP contribution in [0, 0.1) is 0 Å². The molecule has 9 rings (SSSR count). The zero-order valence-electron chi connectivity index (χ0n) is 22.2. The van der Waals surface area contributed by atoms with Crippen LogP contribution in [0.5, 0.6) is 0 Å². The van der Waals surface area contributed by atoms with E-state index in [-0.39, 0.29) is 0 Å². The first-order chi connectivity index (χ1) is 20.3. The maximum atomic E-state index is 2.42. The van der Waals surface area contributed by atoms with E-state index in [1.807, 2.05) is 11.3 Å². The second-order valence-electron chi connectivity index (χ2n) is 10.6. The Morgan fingerprint density at radius 1 is 0.390 bits per heavy atom. The Balaban J connectivity index is 1.23. The van der Waals surface area contributed by atoms with Crippen molar-refractivity contribution in [2.24, 2.45) is 0 Å². The van der Waals surface area contributed by atoms with E-state index >= 15 is 0 Å². The SMILES string of the molecule is c1ccc(-n2c3ccc(-c4ccc(-n5c6ccccc6c6ccccc65)cc4)cc3c3c4ccccc4sc32)cc1. The van der Waals surface area contributed by atoms with Crippen molar-refractivity contribution in [3.05, 3.63) is 146 Å². The predicted octanol–water partition coefficient (Wildman–Crippen LogP) is 10.8. The van der Waals surface area contributed by atoms with Crippen LogP contribution in [-0.4, -0.2) is 9.13 Å². The van der Waals surface area contributed by atoms with Crippen LogP contribution in [0.3, 0.4) is 0 Å². The first-order valence-electron chi connectivity index (χ1n) is 14.0. The maximum Gasteiger partial charge on any atom is 0.109 e. The summed E-state index contributed by atoms with van der Waals surface area (Å²) < 4.78 is 6.12. The summed E-state index contributed by atoms with van der Waals surface area (Å²) in [6.07, 6.45) is 0. The van der Waals surface area contributed by atoms with E-state index in [2.05, 4.69) is 155 Å². The third-order valence-electron chi connectivity index (χ3n) is 8.34. The molecular weight excluding hydrogens is 516 g/mol. The smallest absolute Gasteiger partial charge is 0.109 e. The van der Waals surface area contributed by atoms with Crippen LogP contribution < -0.4 is 0 Å². The maximum absolute atomic E-state index is 2.42. The molecule has 41 heavy (non-hydrogen) atoms. The summed E-state index contributed by atoms with van der Waals surface area (Å²) in [6, 6.07) is 52.8. The van der Waals surface area contributed by atoms with Gasteiger partial charge >= 0.3 is 0 Å². The largest absolute Gasteiger partial charge is 0.309 e. The zero-order valence-corrected chi connectivity index (χ0v) is 23.0. The molecule has 0 radical (unpaired) electrons. The summed E-state index contributed by atoms with van der Waals surface area (Å²) in [5, 5.41) is 6.53. The lowest BCUT2D eigenvalue weighted by atomic mass is 10.0. The molecular formula is C38H24N2S. The second-order valence-corrected chi connectivity index (χ2v) is 11.6. The van der Waals surface area contributed by atoms with Crippen LogP contribution in [0.1, 0.15) is 0 Å². The van der Waals surface area contributed by atoms with Gasteiger partial charge in [-0.25, -0.2) is 0 Å². The molecule has 3 heteroatoms. The third-order valence-corrected chi connectivity index (χ3v) is 9.50. The summed E-state index contributed by atoms with van der Waals surface area (Å²) >= 11 is 1.87. The highest BCUT2D eigenvalue weighted by atomic mass is 32.1. The van der Waals surface area contributed by atoms with Gasteiger partial charge in [-0.15, -0.1) is 11.3 Å². The number of para-hydroxylation sites is 3. The minimum atomic E-state index is 1.17. The lowest BCUT2D eigenvalue weighted by molar-refractivity contribution is 1.18. The number of hydrogen-bond donors (Lipinski definition) is 0. The van der Waals surface area contributed by atoms with Gasteiger partial charge in [-0.3, -0.25) is 0 Å². The standard InChI is InChI=1S/C38H24N2S/c1-2-10-27(11-3-1)40-35-23-20-26(24-32(35)37-31-14-6-9-17-36(31)41-38(37)40)25-18-21-28(22-19-25)39-33-15-7-4-12-29(33)30-13-5-8-16-34(30)39/h1-24H. The van der Waals surface area contributed by atoms with Crippen LogP contribution in [0.4, 0.5) is 0 Å². The van der Waals surface area contributed by atoms with Crippen molar-refractivity contribution < 1.29 is 0 Å². The average Bonchev–Trinajstić information content (AvgIpc) is 3.68. The van der Waals surface area contributed by atoms with Crippen molar-refractivity contribution in [1.29, 1.82) is 0 Å². The lowest BCUT2D eigenvalue weighted by Crippen LogP contribution is -1.93. The Morgan fingerprint density at radius 2 is 0.951 bits per heavy atom. The van der Waals surface area contributed by atoms with Crippen molar-refractivity contribution in [1.82, 2.24) is 9.13 Å². The molecule has 0 saturated heterocycles. The van der Waals surface area contributed by atoms with E-state index < -0.39 is 0 Å². The quantitative estimate of drug-likeness (QED) is 0.211. The highest BCUT2D eigenvalue weighted by Gasteiger charge is 2.18. The molecule has 0 N–H and O–H groups in total. The topological polar surface area (TPSA) is 9.86 Å². The summed E-state index contributed by atoms with van der Waals surface area (Å²) in [5.41, 5.74) is 8.53. The molecule has 2 nitrogen and oxygen atoms in total. The monoisotopic (exact) mass is 540 g/mol. The summed E-state index contributed by atoms with van der Waals surface area (Å²) in [5.74, 6) is 0. The van der Waals surface area contributed by atoms with Gasteiger partial charge in [0.2, 0.25) is 0 Å². The second kappa shape index (κ2) is 8.69. The number of aromatic nitrogens is 2. The minimum absolute atomic E-state index is 1.17. The molecule has 6 aromatic carbocycles. The van der Waals surface area contributed by atoms with E-state index in [1.54, 1.807) is 0 Å². The first-order valence-corrected chi connectivity index (χ1v) is 14.8. The van der Waals surface area contributed by atoms with Gasteiger partial charge in [0.05, 0.1) is 16.6 Å². The van der Waals surface area contributed by atoms with E-state index in [0.29, 0.717) is 0 Å². The van der Waals surface area contributed by atoms with Gasteiger partial charge in [0.25, 0.3) is 0 Å². The van der Waals surface area contributed by atoms with Gasteiger partial charge in [-0.1, -0.05) is 91.0 Å². The highest BCUT2D eigenvalue weighted by Crippen LogP contribution is 2.43. The molecule has 0 saturated carbocycles.